The number of alkyl halides is 1. The summed E-state index contributed by atoms with van der Waals surface area (Å²) >= 11 is 12.2. The van der Waals surface area contributed by atoms with Gasteiger partial charge in [0.1, 0.15) is 5.84 Å². The van der Waals surface area contributed by atoms with E-state index in [4.69, 9.17) is 34.7 Å². The van der Waals surface area contributed by atoms with E-state index < -0.39 is 0 Å². The van der Waals surface area contributed by atoms with Gasteiger partial charge in [-0.05, 0) is 17.2 Å². The molecule has 0 fully saturated rings. The van der Waals surface area contributed by atoms with E-state index in [1.807, 2.05) is 61.5 Å². The second kappa shape index (κ2) is 13.0. The van der Waals surface area contributed by atoms with Crippen LogP contribution in [0.1, 0.15) is 18.1 Å². The maximum Gasteiger partial charge on any atom is 0.100 e. The van der Waals surface area contributed by atoms with E-state index in [0.29, 0.717) is 48.8 Å². The van der Waals surface area contributed by atoms with Crippen molar-refractivity contribution >= 4 is 34.9 Å². The van der Waals surface area contributed by atoms with Gasteiger partial charge in [-0.25, -0.2) is 0 Å². The largest absolute Gasteiger partial charge is 0.387 e. The topological polar surface area (TPSA) is 101 Å². The van der Waals surface area contributed by atoms with Crippen molar-refractivity contribution in [2.75, 3.05) is 19.0 Å². The summed E-state index contributed by atoms with van der Waals surface area (Å²) in [5.74, 6) is 1.14. The second-order valence-corrected chi connectivity index (χ2v) is 7.68. The Balaban J connectivity index is 1.81. The first-order chi connectivity index (χ1) is 14.5. The molecule has 2 unspecified atom stereocenters. The molecule has 8 heteroatoms. The van der Waals surface area contributed by atoms with E-state index in [9.17, 15) is 0 Å². The van der Waals surface area contributed by atoms with Gasteiger partial charge in [0, 0.05) is 16.8 Å². The van der Waals surface area contributed by atoms with Gasteiger partial charge in [0.25, 0.3) is 0 Å². The molecule has 0 aliphatic carbocycles. The number of amidine groups is 2. The molecule has 2 rings (SSSR count). The zero-order valence-electron chi connectivity index (χ0n) is 17.1. The Hall–Kier alpha value is -2.44. The molecule has 0 saturated carbocycles. The summed E-state index contributed by atoms with van der Waals surface area (Å²) in [7, 11) is 0. The lowest BCUT2D eigenvalue weighted by Crippen LogP contribution is -2.28. The van der Waals surface area contributed by atoms with Crippen LogP contribution in [-0.4, -0.2) is 30.6 Å². The number of halogens is 2. The first kappa shape index (κ1) is 23.8. The Bertz CT molecular complexity index is 867. The second-order valence-electron chi connectivity index (χ2n) is 6.96. The number of benzene rings is 2. The molecule has 6 nitrogen and oxygen atoms in total. The molecule has 2 aromatic rings. The predicted molar refractivity (Wildman–Crippen MR) is 127 cm³/mol. The lowest BCUT2D eigenvalue weighted by Gasteiger charge is -2.11. The van der Waals surface area contributed by atoms with Crippen molar-refractivity contribution in [2.24, 2.45) is 43.5 Å². The molecule has 0 spiro atoms. The van der Waals surface area contributed by atoms with Crippen molar-refractivity contribution in [1.82, 2.24) is 0 Å². The van der Waals surface area contributed by atoms with Crippen LogP contribution in [-0.2, 0) is 13.1 Å². The van der Waals surface area contributed by atoms with Crippen molar-refractivity contribution < 1.29 is 0 Å². The molecule has 0 heterocycles. The third-order valence-corrected chi connectivity index (χ3v) is 5.29. The minimum absolute atomic E-state index is 0.00171. The highest BCUT2D eigenvalue weighted by atomic mass is 35.5. The summed E-state index contributed by atoms with van der Waals surface area (Å²) in [6, 6.07) is 17.5. The zero-order chi connectivity index (χ0) is 21.8. The quantitative estimate of drug-likeness (QED) is 0.226. The van der Waals surface area contributed by atoms with Gasteiger partial charge in [-0.1, -0.05) is 67.1 Å². The standard InChI is InChI=1S/C22H28Cl2N6/c1-16(21(25)27-13-17-7-3-2-4-8-17)12-29-30-15-19(11-23)22(26)28-14-18-9-5-6-10-20(18)24/h2-10,16,19H,11-15H2,1H3,(H2,25,27)(H2,26,28). The van der Waals surface area contributed by atoms with Crippen LogP contribution in [0.3, 0.4) is 0 Å². The molecule has 0 aromatic heterocycles. The third kappa shape index (κ3) is 8.13. The van der Waals surface area contributed by atoms with Crippen molar-refractivity contribution in [3.63, 3.8) is 0 Å². The van der Waals surface area contributed by atoms with Gasteiger partial charge >= 0.3 is 0 Å². The highest BCUT2D eigenvalue weighted by Gasteiger charge is 2.12. The normalized spacial score (nSPS) is 14.8. The van der Waals surface area contributed by atoms with Gasteiger partial charge in [-0.15, -0.1) is 11.6 Å². The van der Waals surface area contributed by atoms with Crippen LogP contribution in [0.2, 0.25) is 5.02 Å². The number of rotatable bonds is 11. The average molecular weight is 447 g/mol. The van der Waals surface area contributed by atoms with Crippen LogP contribution in [0.4, 0.5) is 0 Å². The third-order valence-electron chi connectivity index (χ3n) is 4.54. The zero-order valence-corrected chi connectivity index (χ0v) is 18.6. The molecule has 0 bridgehead atoms. The molecule has 0 radical (unpaired) electrons. The van der Waals surface area contributed by atoms with E-state index in [1.165, 1.54) is 0 Å². The van der Waals surface area contributed by atoms with Gasteiger partial charge in [0.2, 0.25) is 0 Å². The summed E-state index contributed by atoms with van der Waals surface area (Å²) in [5, 5.41) is 9.11. The first-order valence-corrected chi connectivity index (χ1v) is 10.7. The Morgan fingerprint density at radius 2 is 1.50 bits per heavy atom. The summed E-state index contributed by atoms with van der Waals surface area (Å²) in [6.07, 6.45) is 0. The lowest BCUT2D eigenvalue weighted by molar-refractivity contribution is 0.681. The molecular formula is C22H28Cl2N6. The number of hydrogen-bond acceptors (Lipinski definition) is 4. The molecule has 4 N–H and O–H groups in total. The van der Waals surface area contributed by atoms with Crippen molar-refractivity contribution in [2.45, 2.75) is 20.0 Å². The van der Waals surface area contributed by atoms with Gasteiger partial charge in [-0.3, -0.25) is 9.98 Å². The van der Waals surface area contributed by atoms with E-state index in [0.717, 1.165) is 11.1 Å². The van der Waals surface area contributed by atoms with Crippen molar-refractivity contribution in [3.05, 3.63) is 70.7 Å². The Morgan fingerprint density at radius 3 is 2.20 bits per heavy atom. The number of azo groups is 1. The predicted octanol–water partition coefficient (Wildman–Crippen LogP) is 4.70. The molecule has 160 valence electrons. The summed E-state index contributed by atoms with van der Waals surface area (Å²) in [6.45, 7) is 3.76. The van der Waals surface area contributed by atoms with E-state index >= 15 is 0 Å². The number of nitrogens with two attached hydrogens (primary N) is 2. The Labute approximate surface area is 188 Å². The maximum atomic E-state index is 6.15. The fourth-order valence-electron chi connectivity index (χ4n) is 2.51. The summed E-state index contributed by atoms with van der Waals surface area (Å²) < 4.78 is 0. The monoisotopic (exact) mass is 446 g/mol. The first-order valence-electron chi connectivity index (χ1n) is 9.77. The molecule has 2 atom stereocenters. The lowest BCUT2D eigenvalue weighted by atomic mass is 10.1. The van der Waals surface area contributed by atoms with Gasteiger partial charge in [-0.2, -0.15) is 10.2 Å². The summed E-state index contributed by atoms with van der Waals surface area (Å²) in [4.78, 5) is 8.84. The Morgan fingerprint density at radius 1 is 0.867 bits per heavy atom. The van der Waals surface area contributed by atoms with E-state index in [-0.39, 0.29) is 11.8 Å². The molecule has 0 saturated heterocycles. The van der Waals surface area contributed by atoms with Crippen LogP contribution in [0.15, 0.2) is 74.8 Å². The minimum Gasteiger partial charge on any atom is -0.387 e. The fraction of sp³-hybridized carbons (Fsp3) is 0.364. The van der Waals surface area contributed by atoms with Gasteiger partial charge in [0.15, 0.2) is 0 Å². The average Bonchev–Trinajstić information content (AvgIpc) is 2.77. The van der Waals surface area contributed by atoms with Gasteiger partial charge in [0.05, 0.1) is 37.9 Å². The fourth-order valence-corrected chi connectivity index (χ4v) is 2.96. The highest BCUT2D eigenvalue weighted by molar-refractivity contribution is 6.31. The Kier molecular flexibility index (Phi) is 10.3. The van der Waals surface area contributed by atoms with E-state index in [2.05, 4.69) is 20.2 Å². The maximum absolute atomic E-state index is 6.15. The van der Waals surface area contributed by atoms with Crippen molar-refractivity contribution in [3.8, 4) is 0 Å². The summed E-state index contributed by atoms with van der Waals surface area (Å²) in [5.41, 5.74) is 14.2. The smallest absolute Gasteiger partial charge is 0.100 e. The van der Waals surface area contributed by atoms with Crippen molar-refractivity contribution in [1.29, 1.82) is 0 Å². The number of nitrogens with zero attached hydrogens (tertiary/aromatic N) is 4. The molecule has 0 aliphatic rings. The van der Waals surface area contributed by atoms with Crippen LogP contribution in [0.5, 0.6) is 0 Å². The van der Waals surface area contributed by atoms with Crippen LogP contribution < -0.4 is 11.5 Å². The molecule has 30 heavy (non-hydrogen) atoms. The van der Waals surface area contributed by atoms with Gasteiger partial charge < -0.3 is 11.5 Å². The molecule has 0 aliphatic heterocycles. The molecular weight excluding hydrogens is 419 g/mol. The molecule has 2 aromatic carbocycles. The van der Waals surface area contributed by atoms with Crippen LogP contribution >= 0.6 is 23.2 Å². The number of aliphatic imine (C=N–C) groups is 2. The minimum atomic E-state index is -0.183. The van der Waals surface area contributed by atoms with E-state index in [1.54, 1.807) is 0 Å². The molecule has 0 amide bonds. The highest BCUT2D eigenvalue weighted by Crippen LogP contribution is 2.16. The van der Waals surface area contributed by atoms with Crippen LogP contribution in [0, 0.1) is 11.8 Å². The van der Waals surface area contributed by atoms with Crippen LogP contribution in [0.25, 0.3) is 0 Å². The number of hydrogen-bond donors (Lipinski definition) is 2. The SMILES string of the molecule is CC(CN=NCC(CCl)C(N)=NCc1ccccc1Cl)C(N)=NCc1ccccc1.